The Morgan fingerprint density at radius 2 is 0.771 bits per heavy atom. The second-order valence-electron chi connectivity index (χ2n) is 23.0. The number of imide groups is 2. The van der Waals surface area contributed by atoms with Gasteiger partial charge in [0.25, 0.3) is 23.6 Å². The summed E-state index contributed by atoms with van der Waals surface area (Å²) in [5.74, 6) is -2.63. The first-order valence-electron chi connectivity index (χ1n) is 27.9. The number of aromatic carboxylic acids is 1. The van der Waals surface area contributed by atoms with E-state index in [9.17, 15) is 19.5 Å². The fourth-order valence-electron chi connectivity index (χ4n) is 14.8. The molecule has 0 bridgehead atoms. The van der Waals surface area contributed by atoms with E-state index in [4.69, 9.17) is 0 Å². The number of aryl methyl sites for hydroxylation is 4. The number of para-hydroxylation sites is 1. The lowest BCUT2D eigenvalue weighted by Gasteiger charge is -2.53. The molecule has 11 aromatic carbocycles. The fraction of sp³-hybridized carbons (Fsp3) is 0.108. The number of amides is 4. The molecule has 0 fully saturated rings. The summed E-state index contributed by atoms with van der Waals surface area (Å²) in [7, 11) is 0. The van der Waals surface area contributed by atoms with Crippen LogP contribution in [0.3, 0.4) is 0 Å². The highest BCUT2D eigenvalue weighted by atomic mass is 16.4. The van der Waals surface area contributed by atoms with E-state index in [1.54, 1.807) is 6.07 Å². The number of carbonyl (C=O) groups is 5. The zero-order valence-corrected chi connectivity index (χ0v) is 46.3. The predicted molar refractivity (Wildman–Crippen MR) is 329 cm³/mol. The van der Waals surface area contributed by atoms with Crippen LogP contribution in [0.2, 0.25) is 0 Å². The largest absolute Gasteiger partial charge is 0.477 e. The summed E-state index contributed by atoms with van der Waals surface area (Å²) in [5.41, 5.74) is 15.5. The van der Waals surface area contributed by atoms with Gasteiger partial charge in [-0.15, -0.1) is 0 Å². The molecule has 2 unspecified atom stereocenters. The van der Waals surface area contributed by atoms with Crippen molar-refractivity contribution in [3.05, 3.63) is 267 Å². The summed E-state index contributed by atoms with van der Waals surface area (Å²) in [5, 5.41) is 15.8. The number of fused-ring (bicyclic) bond motifs is 5. The minimum absolute atomic E-state index is 0.00617. The molecule has 0 saturated carbocycles. The van der Waals surface area contributed by atoms with Crippen molar-refractivity contribution in [1.29, 1.82) is 0 Å². The Labute approximate surface area is 478 Å². The third kappa shape index (κ3) is 6.64. The molecule has 0 radical (unpaired) electrons. The van der Waals surface area contributed by atoms with E-state index in [-0.39, 0.29) is 17.5 Å². The summed E-state index contributed by atoms with van der Waals surface area (Å²) >= 11 is 0. The first-order valence-corrected chi connectivity index (χ1v) is 27.9. The van der Waals surface area contributed by atoms with Gasteiger partial charge in [-0.05, 0) is 186 Å². The van der Waals surface area contributed by atoms with Gasteiger partial charge in [-0.25, -0.2) is 19.6 Å². The van der Waals surface area contributed by atoms with Crippen LogP contribution in [-0.4, -0.2) is 39.7 Å². The summed E-state index contributed by atoms with van der Waals surface area (Å²) < 4.78 is 0. The monoisotopic (exact) mass is 1080 g/mol. The number of pyridine rings is 1. The number of carboxylic acid groups (broad SMARTS) is 1. The van der Waals surface area contributed by atoms with E-state index in [1.807, 2.05) is 100 Å². The molecule has 9 heteroatoms. The van der Waals surface area contributed by atoms with Gasteiger partial charge in [0.05, 0.1) is 11.4 Å². The van der Waals surface area contributed by atoms with E-state index in [1.165, 1.54) is 38.3 Å². The summed E-state index contributed by atoms with van der Waals surface area (Å²) in [4.78, 5) is 77.6. The number of aromatic nitrogens is 1. The zero-order valence-electron chi connectivity index (χ0n) is 46.3. The lowest BCUT2D eigenvalue weighted by atomic mass is 9.49. The normalized spacial score (nSPS) is 17.3. The number of hydrogen-bond donors (Lipinski definition) is 1. The SMILES string of the molecule is Cc1cccc(C)c1N1C(=O)c2ccc3c4ccc5c6c(ccc(c7ccc(c2c37)C1=O)c64)C(=O)N(c1c(C)cc(-c2ccc(C3(C)c4ccccc4-c4ccccc4C3(C)c3ccc(-c4ccnc(C(=O)O)c4)cc3)cc2)cc1C)C5=O. The van der Waals surface area contributed by atoms with Crippen LogP contribution in [0.25, 0.3) is 76.5 Å². The van der Waals surface area contributed by atoms with Crippen molar-refractivity contribution in [1.82, 2.24) is 4.98 Å². The van der Waals surface area contributed by atoms with Crippen LogP contribution in [0.15, 0.2) is 194 Å². The molecule has 15 rings (SSSR count). The van der Waals surface area contributed by atoms with Crippen LogP contribution < -0.4 is 9.80 Å². The zero-order chi connectivity index (χ0) is 57.1. The molecule has 0 spiro atoms. The van der Waals surface area contributed by atoms with Gasteiger partial charge in [0, 0.05) is 50.1 Å². The molecule has 0 saturated heterocycles. The van der Waals surface area contributed by atoms with Crippen LogP contribution >= 0.6 is 0 Å². The topological polar surface area (TPSA) is 125 Å². The second kappa shape index (κ2) is 17.6. The van der Waals surface area contributed by atoms with Gasteiger partial charge in [0.2, 0.25) is 0 Å². The number of nitrogens with zero attached hydrogens (tertiary/aromatic N) is 3. The van der Waals surface area contributed by atoms with Gasteiger partial charge in [0.1, 0.15) is 5.69 Å². The molecule has 1 aliphatic carbocycles. The standard InChI is InChI=1S/C74H51N3O6/c1-39-12-11-13-40(2)66(39)76-68(78)55-30-26-51-53-28-32-57-65-58(33-29-54(63(53)65)52-27-31-56(69(76)79)64(55)62(51)52)71(81)77(70(57)80)67-41(3)36-46(37-42(67)4)44-20-24-48(25-21-44)74(6)60-17-10-8-15-50(60)49-14-7-9-16-59(49)73(74,5)47-22-18-43(19-23-47)45-34-35-75-61(38-45)72(82)83/h7-38H,1-6H3,(H,82,83). The van der Waals surface area contributed by atoms with Gasteiger partial charge >= 0.3 is 5.97 Å². The molecule has 1 aromatic heterocycles. The lowest BCUT2D eigenvalue weighted by Crippen LogP contribution is -2.49. The van der Waals surface area contributed by atoms with E-state index >= 15 is 9.59 Å². The van der Waals surface area contributed by atoms with Gasteiger partial charge in [0.15, 0.2) is 0 Å². The third-order valence-electron chi connectivity index (χ3n) is 18.8. The van der Waals surface area contributed by atoms with Crippen molar-refractivity contribution in [2.45, 2.75) is 52.4 Å². The minimum Gasteiger partial charge on any atom is -0.477 e. The molecule has 3 aliphatic rings. The average Bonchev–Trinajstić information content (AvgIpc) is 1.25. The predicted octanol–water partition coefficient (Wildman–Crippen LogP) is 16.3. The minimum atomic E-state index is -1.07. The Bertz CT molecular complexity index is 4780. The fourth-order valence-corrected chi connectivity index (χ4v) is 14.8. The highest BCUT2D eigenvalue weighted by Gasteiger charge is 2.54. The maximum absolute atomic E-state index is 15.1. The number of benzene rings is 11. The second-order valence-corrected chi connectivity index (χ2v) is 23.0. The molecule has 9 nitrogen and oxygen atoms in total. The van der Waals surface area contributed by atoms with Crippen molar-refractivity contribution in [2.75, 3.05) is 9.80 Å². The van der Waals surface area contributed by atoms with Gasteiger partial charge in [-0.1, -0.05) is 153 Å². The molecule has 4 amide bonds. The Morgan fingerprint density at radius 3 is 1.18 bits per heavy atom. The lowest BCUT2D eigenvalue weighted by molar-refractivity contribution is 0.0689. The summed E-state index contributed by atoms with van der Waals surface area (Å²) in [6, 6.07) is 62.9. The van der Waals surface area contributed by atoms with E-state index < -0.39 is 28.6 Å². The quantitative estimate of drug-likeness (QED) is 0.0957. The number of rotatable bonds is 7. The van der Waals surface area contributed by atoms with Gasteiger partial charge in [-0.2, -0.15) is 0 Å². The summed E-state index contributed by atoms with van der Waals surface area (Å²) in [6.07, 6.45) is 1.53. The molecule has 2 atom stereocenters. The number of hydrogen-bond acceptors (Lipinski definition) is 6. The molecular formula is C74H51N3O6. The highest BCUT2D eigenvalue weighted by molar-refractivity contribution is 6.45. The summed E-state index contributed by atoms with van der Waals surface area (Å²) in [6.45, 7) is 12.4. The maximum Gasteiger partial charge on any atom is 0.354 e. The third-order valence-corrected chi connectivity index (χ3v) is 18.8. The molecule has 1 N–H and O–H groups in total. The Morgan fingerprint density at radius 1 is 0.386 bits per heavy atom. The van der Waals surface area contributed by atoms with Crippen LogP contribution in [0.4, 0.5) is 11.4 Å². The van der Waals surface area contributed by atoms with E-state index in [0.717, 1.165) is 88.0 Å². The molecule has 3 heterocycles. The van der Waals surface area contributed by atoms with E-state index in [0.29, 0.717) is 44.4 Å². The molecular weight excluding hydrogens is 1030 g/mol. The molecule has 398 valence electrons. The molecule has 2 aliphatic heterocycles. The first kappa shape index (κ1) is 49.6. The van der Waals surface area contributed by atoms with Crippen molar-refractivity contribution < 1.29 is 29.1 Å². The smallest absolute Gasteiger partial charge is 0.354 e. The Balaban J connectivity index is 0.787. The van der Waals surface area contributed by atoms with Gasteiger partial charge in [-0.3, -0.25) is 19.2 Å². The maximum atomic E-state index is 15.1. The van der Waals surface area contributed by atoms with E-state index in [2.05, 4.69) is 128 Å². The van der Waals surface area contributed by atoms with Crippen LogP contribution in [0.1, 0.15) is 110 Å². The molecule has 12 aromatic rings. The number of carboxylic acids is 1. The number of anilines is 2. The van der Waals surface area contributed by atoms with Crippen molar-refractivity contribution >= 4 is 84.1 Å². The Kier molecular flexibility index (Phi) is 10.5. The van der Waals surface area contributed by atoms with Gasteiger partial charge < -0.3 is 5.11 Å². The van der Waals surface area contributed by atoms with Crippen molar-refractivity contribution in [3.63, 3.8) is 0 Å². The number of carbonyl (C=O) groups excluding carboxylic acids is 4. The van der Waals surface area contributed by atoms with Crippen LogP contribution in [-0.2, 0) is 10.8 Å². The van der Waals surface area contributed by atoms with Crippen molar-refractivity contribution in [3.8, 4) is 33.4 Å². The first-order chi connectivity index (χ1) is 40.1. The average molecular weight is 1080 g/mol. The molecule has 83 heavy (non-hydrogen) atoms. The Hall–Kier alpha value is -10.4. The highest BCUT2D eigenvalue weighted by Crippen LogP contribution is 2.60. The van der Waals surface area contributed by atoms with Crippen LogP contribution in [0, 0.1) is 27.7 Å². The van der Waals surface area contributed by atoms with Crippen molar-refractivity contribution in [2.24, 2.45) is 0 Å². The van der Waals surface area contributed by atoms with Crippen LogP contribution in [0.5, 0.6) is 0 Å².